The Hall–Kier alpha value is -2.88. The summed E-state index contributed by atoms with van der Waals surface area (Å²) in [6, 6.07) is 10.8. The minimum absolute atomic E-state index is 0.362. The van der Waals surface area contributed by atoms with Gasteiger partial charge in [0, 0.05) is 7.05 Å². The van der Waals surface area contributed by atoms with Gasteiger partial charge in [-0.05, 0) is 24.8 Å². The van der Waals surface area contributed by atoms with Crippen LogP contribution in [0.4, 0.5) is 4.79 Å². The van der Waals surface area contributed by atoms with E-state index < -0.39 is 28.9 Å². The Labute approximate surface area is 165 Å². The van der Waals surface area contributed by atoms with Crippen molar-refractivity contribution in [3.05, 3.63) is 35.9 Å². The van der Waals surface area contributed by atoms with Crippen LogP contribution in [0.5, 0.6) is 0 Å². The number of rotatable bonds is 5. The number of benzene rings is 1. The van der Waals surface area contributed by atoms with Crippen LogP contribution in [-0.4, -0.2) is 46.8 Å². The molecule has 1 aromatic carbocycles. The molecule has 1 saturated carbocycles. The lowest BCUT2D eigenvalue weighted by Gasteiger charge is -2.39. The lowest BCUT2D eigenvalue weighted by atomic mass is 9.81. The maximum atomic E-state index is 13.2. The molecular weight excluding hydrogens is 356 g/mol. The van der Waals surface area contributed by atoms with Gasteiger partial charge in [-0.25, -0.2) is 4.79 Å². The molecule has 1 aromatic rings. The Morgan fingerprint density at radius 2 is 1.86 bits per heavy atom. The van der Waals surface area contributed by atoms with Crippen molar-refractivity contribution in [2.45, 2.75) is 56.5 Å². The first-order chi connectivity index (χ1) is 13.4. The molecule has 4 amide bonds. The Balaban J connectivity index is 1.81. The Kier molecular flexibility index (Phi) is 5.41. The van der Waals surface area contributed by atoms with Gasteiger partial charge in [0.2, 0.25) is 5.91 Å². The maximum absolute atomic E-state index is 13.2. The zero-order valence-corrected chi connectivity index (χ0v) is 16.4. The van der Waals surface area contributed by atoms with E-state index in [1.54, 1.807) is 19.2 Å². The molecule has 7 heteroatoms. The largest absolute Gasteiger partial charge is 0.325 e. The van der Waals surface area contributed by atoms with Crippen molar-refractivity contribution in [1.82, 2.24) is 15.1 Å². The molecule has 28 heavy (non-hydrogen) atoms. The van der Waals surface area contributed by atoms with Crippen LogP contribution in [-0.2, 0) is 15.1 Å². The smallest absolute Gasteiger partial charge is 0.325 e. The van der Waals surface area contributed by atoms with Crippen LogP contribution in [0.25, 0.3) is 0 Å². The number of hydrogen-bond acceptors (Lipinski definition) is 4. The second-order valence-electron chi connectivity index (χ2n) is 7.60. The van der Waals surface area contributed by atoms with E-state index in [1.165, 1.54) is 4.90 Å². The normalized spacial score (nSPS) is 23.8. The molecule has 0 bridgehead atoms. The van der Waals surface area contributed by atoms with Gasteiger partial charge in [0.25, 0.3) is 5.91 Å². The van der Waals surface area contributed by atoms with Crippen LogP contribution < -0.4 is 5.32 Å². The third-order valence-corrected chi connectivity index (χ3v) is 6.17. The number of hydrogen-bond donors (Lipinski definition) is 1. The van der Waals surface area contributed by atoms with E-state index in [9.17, 15) is 19.6 Å². The maximum Gasteiger partial charge on any atom is 0.325 e. The van der Waals surface area contributed by atoms with E-state index in [4.69, 9.17) is 0 Å². The molecule has 0 aromatic heterocycles. The standard InChI is InChI=1S/C21H26N4O3/c1-3-21(16-10-6-4-7-11-16)18(27)25(19(28)23-21)14-17(26)24(2)20(15-22)12-8-5-9-13-20/h4,6-7,10-11H,3,5,8-9,12-14H2,1-2H3,(H,23,28)/t21-/m1/s1. The summed E-state index contributed by atoms with van der Waals surface area (Å²) in [5, 5.41) is 12.5. The van der Waals surface area contributed by atoms with Crippen molar-refractivity contribution >= 4 is 17.8 Å². The summed E-state index contributed by atoms with van der Waals surface area (Å²) in [6.45, 7) is 1.47. The predicted octanol–water partition coefficient (Wildman–Crippen LogP) is 2.53. The summed E-state index contributed by atoms with van der Waals surface area (Å²) < 4.78 is 0. The highest BCUT2D eigenvalue weighted by Crippen LogP contribution is 2.34. The molecule has 1 heterocycles. The zero-order valence-electron chi connectivity index (χ0n) is 16.4. The second kappa shape index (κ2) is 7.63. The highest BCUT2D eigenvalue weighted by Gasteiger charge is 2.52. The highest BCUT2D eigenvalue weighted by molar-refractivity contribution is 6.09. The monoisotopic (exact) mass is 382 g/mol. The third-order valence-electron chi connectivity index (χ3n) is 6.17. The number of carbonyl (C=O) groups excluding carboxylic acids is 3. The molecule has 1 atom stereocenters. The van der Waals surface area contributed by atoms with Crippen molar-refractivity contribution in [2.75, 3.05) is 13.6 Å². The fraction of sp³-hybridized carbons (Fsp3) is 0.524. The van der Waals surface area contributed by atoms with Crippen LogP contribution in [0.3, 0.4) is 0 Å². The van der Waals surface area contributed by atoms with E-state index in [0.717, 1.165) is 24.2 Å². The van der Waals surface area contributed by atoms with Gasteiger partial charge in [-0.3, -0.25) is 14.5 Å². The molecular formula is C21H26N4O3. The van der Waals surface area contributed by atoms with E-state index >= 15 is 0 Å². The van der Waals surface area contributed by atoms with Crippen LogP contribution in [0.2, 0.25) is 0 Å². The van der Waals surface area contributed by atoms with Crippen LogP contribution in [0.1, 0.15) is 51.0 Å². The molecule has 1 saturated heterocycles. The van der Waals surface area contributed by atoms with E-state index in [2.05, 4.69) is 11.4 Å². The molecule has 7 nitrogen and oxygen atoms in total. The van der Waals surface area contributed by atoms with Gasteiger partial charge in [-0.1, -0.05) is 56.5 Å². The fourth-order valence-electron chi connectivity index (χ4n) is 4.27. The lowest BCUT2D eigenvalue weighted by Crippen LogP contribution is -2.53. The van der Waals surface area contributed by atoms with E-state index in [0.29, 0.717) is 24.8 Å². The summed E-state index contributed by atoms with van der Waals surface area (Å²) in [6.07, 6.45) is 4.45. The van der Waals surface area contributed by atoms with Gasteiger partial charge in [-0.15, -0.1) is 0 Å². The Morgan fingerprint density at radius 3 is 2.43 bits per heavy atom. The quantitative estimate of drug-likeness (QED) is 0.792. The average molecular weight is 382 g/mol. The SMILES string of the molecule is CC[C@]1(c2ccccc2)NC(=O)N(CC(=O)N(C)C2(C#N)CCCCC2)C1=O. The number of imide groups is 1. The minimum atomic E-state index is -1.16. The molecule has 0 spiro atoms. The molecule has 1 aliphatic heterocycles. The highest BCUT2D eigenvalue weighted by atomic mass is 16.2. The van der Waals surface area contributed by atoms with Gasteiger partial charge in [0.1, 0.15) is 17.6 Å². The molecule has 1 aliphatic carbocycles. The van der Waals surface area contributed by atoms with Gasteiger partial charge in [-0.2, -0.15) is 5.26 Å². The molecule has 1 N–H and O–H groups in total. The molecule has 2 aliphatic rings. The van der Waals surface area contributed by atoms with E-state index in [1.807, 2.05) is 25.1 Å². The number of urea groups is 1. The third kappa shape index (κ3) is 3.13. The fourth-order valence-corrected chi connectivity index (χ4v) is 4.27. The van der Waals surface area contributed by atoms with E-state index in [-0.39, 0.29) is 6.54 Å². The summed E-state index contributed by atoms with van der Waals surface area (Å²) >= 11 is 0. The van der Waals surface area contributed by atoms with Crippen molar-refractivity contribution in [3.63, 3.8) is 0 Å². The number of amides is 4. The lowest BCUT2D eigenvalue weighted by molar-refractivity contribution is -0.141. The van der Waals surface area contributed by atoms with Crippen molar-refractivity contribution in [3.8, 4) is 6.07 Å². The predicted molar refractivity (Wildman–Crippen MR) is 103 cm³/mol. The van der Waals surface area contributed by atoms with Crippen molar-refractivity contribution in [2.24, 2.45) is 0 Å². The zero-order chi connectivity index (χ0) is 20.4. The Bertz CT molecular complexity index is 811. The average Bonchev–Trinajstić information content (AvgIpc) is 2.99. The van der Waals surface area contributed by atoms with Crippen molar-refractivity contribution in [1.29, 1.82) is 5.26 Å². The number of nitrogens with one attached hydrogen (secondary N) is 1. The number of nitriles is 1. The summed E-state index contributed by atoms with van der Waals surface area (Å²) in [7, 11) is 1.60. The van der Waals surface area contributed by atoms with Gasteiger partial charge >= 0.3 is 6.03 Å². The summed E-state index contributed by atoms with van der Waals surface area (Å²) in [5.41, 5.74) is -1.31. The molecule has 3 rings (SSSR count). The number of nitrogens with zero attached hydrogens (tertiary/aromatic N) is 3. The summed E-state index contributed by atoms with van der Waals surface area (Å²) in [4.78, 5) is 41.0. The first kappa shape index (κ1) is 19.9. The first-order valence-electron chi connectivity index (χ1n) is 9.78. The van der Waals surface area contributed by atoms with Crippen LogP contribution >= 0.6 is 0 Å². The van der Waals surface area contributed by atoms with Crippen LogP contribution in [0.15, 0.2) is 30.3 Å². The molecule has 0 radical (unpaired) electrons. The number of likely N-dealkylation sites (N-methyl/N-ethyl adjacent to an activating group) is 1. The minimum Gasteiger partial charge on any atom is -0.325 e. The van der Waals surface area contributed by atoms with Gasteiger partial charge in [0.05, 0.1) is 6.07 Å². The first-order valence-corrected chi connectivity index (χ1v) is 9.78. The van der Waals surface area contributed by atoms with Crippen LogP contribution in [0, 0.1) is 11.3 Å². The van der Waals surface area contributed by atoms with Crippen molar-refractivity contribution < 1.29 is 14.4 Å². The van der Waals surface area contributed by atoms with Gasteiger partial charge < -0.3 is 10.2 Å². The summed E-state index contributed by atoms with van der Waals surface area (Å²) in [5.74, 6) is -0.825. The number of carbonyl (C=O) groups is 3. The topological polar surface area (TPSA) is 93.5 Å². The molecule has 0 unspecified atom stereocenters. The molecule has 148 valence electrons. The molecule has 2 fully saturated rings. The second-order valence-corrected chi connectivity index (χ2v) is 7.60. The Morgan fingerprint density at radius 1 is 1.21 bits per heavy atom. The van der Waals surface area contributed by atoms with Gasteiger partial charge in [0.15, 0.2) is 0 Å².